The lowest BCUT2D eigenvalue weighted by Crippen LogP contribution is -2.34. The molecule has 0 atom stereocenters. The summed E-state index contributed by atoms with van der Waals surface area (Å²) in [5.74, 6) is -0.462. The van der Waals surface area contributed by atoms with Crippen molar-refractivity contribution < 1.29 is 14.3 Å². The van der Waals surface area contributed by atoms with Gasteiger partial charge in [-0.15, -0.1) is 0 Å². The average Bonchev–Trinajstić information content (AvgIpc) is 2.63. The van der Waals surface area contributed by atoms with Gasteiger partial charge in [0.25, 0.3) is 11.8 Å². The summed E-state index contributed by atoms with van der Waals surface area (Å²) in [6.45, 7) is 0.908. The Labute approximate surface area is 151 Å². The van der Waals surface area contributed by atoms with Crippen molar-refractivity contribution in [3.63, 3.8) is 0 Å². The Balaban J connectivity index is 1.87. The maximum atomic E-state index is 12.0. The van der Waals surface area contributed by atoms with Gasteiger partial charge in [0, 0.05) is 30.5 Å². The fourth-order valence-electron chi connectivity index (χ4n) is 2.00. The number of hydrogen-bond donors (Lipinski definition) is 3. The maximum Gasteiger partial charge on any atom is 0.257 e. The van der Waals surface area contributed by atoms with E-state index in [4.69, 9.17) is 17.0 Å². The van der Waals surface area contributed by atoms with Gasteiger partial charge in [0.15, 0.2) is 5.11 Å². The van der Waals surface area contributed by atoms with Gasteiger partial charge in [0.2, 0.25) is 0 Å². The first-order valence-electron chi connectivity index (χ1n) is 7.64. The van der Waals surface area contributed by atoms with E-state index >= 15 is 0 Å². The minimum Gasteiger partial charge on any atom is -0.383 e. The van der Waals surface area contributed by atoms with Crippen LogP contribution in [0.5, 0.6) is 0 Å². The number of benzene rings is 2. The lowest BCUT2D eigenvalue weighted by molar-refractivity contribution is 0.0935. The topological polar surface area (TPSA) is 79.5 Å². The normalized spacial score (nSPS) is 9.96. The van der Waals surface area contributed by atoms with E-state index in [-0.39, 0.29) is 16.9 Å². The van der Waals surface area contributed by atoms with Gasteiger partial charge in [0.1, 0.15) is 0 Å². The smallest absolute Gasteiger partial charge is 0.257 e. The number of hydrogen-bond acceptors (Lipinski definition) is 4. The lowest BCUT2D eigenvalue weighted by atomic mass is 10.2. The molecule has 0 saturated carbocycles. The Morgan fingerprint density at radius 1 is 0.960 bits per heavy atom. The molecule has 3 N–H and O–H groups in total. The van der Waals surface area contributed by atoms with Crippen LogP contribution in [0, 0.1) is 0 Å². The van der Waals surface area contributed by atoms with E-state index in [1.807, 2.05) is 6.07 Å². The molecule has 0 radical (unpaired) electrons. The zero-order valence-corrected chi connectivity index (χ0v) is 14.6. The van der Waals surface area contributed by atoms with Crippen LogP contribution in [0.4, 0.5) is 5.69 Å². The summed E-state index contributed by atoms with van der Waals surface area (Å²) in [6, 6.07) is 15.6. The lowest BCUT2D eigenvalue weighted by Gasteiger charge is -2.10. The van der Waals surface area contributed by atoms with Gasteiger partial charge in [-0.25, -0.2) is 0 Å². The van der Waals surface area contributed by atoms with Crippen LogP contribution in [0.3, 0.4) is 0 Å². The first-order valence-corrected chi connectivity index (χ1v) is 8.05. The second-order valence-corrected chi connectivity index (χ2v) is 5.51. The zero-order valence-electron chi connectivity index (χ0n) is 13.7. The third kappa shape index (κ3) is 5.98. The number of methoxy groups -OCH3 is 1. The minimum atomic E-state index is -0.285. The molecule has 0 aromatic heterocycles. The van der Waals surface area contributed by atoms with Crippen molar-refractivity contribution in [3.05, 3.63) is 65.7 Å². The molecular formula is C18H19N3O3S. The fourth-order valence-corrected chi connectivity index (χ4v) is 2.21. The molecule has 6 nitrogen and oxygen atoms in total. The van der Waals surface area contributed by atoms with Crippen molar-refractivity contribution in [1.29, 1.82) is 0 Å². The molecular weight excluding hydrogens is 338 g/mol. The highest BCUT2D eigenvalue weighted by Crippen LogP contribution is 2.09. The molecule has 0 fully saturated rings. The number of carbonyl (C=O) groups is 2. The fraction of sp³-hybridized carbons (Fsp3) is 0.167. The SMILES string of the molecule is COCCNC(=O)c1ccc(NC(=S)NC(=O)c2ccccc2)cc1. The predicted octanol–water partition coefficient (Wildman–Crippen LogP) is 2.19. The second-order valence-electron chi connectivity index (χ2n) is 5.10. The summed E-state index contributed by atoms with van der Waals surface area (Å²) in [4.78, 5) is 23.9. The molecule has 0 aliphatic rings. The number of amides is 2. The summed E-state index contributed by atoms with van der Waals surface area (Å²) < 4.78 is 4.88. The van der Waals surface area contributed by atoms with E-state index in [2.05, 4.69) is 16.0 Å². The summed E-state index contributed by atoms with van der Waals surface area (Å²) in [5, 5.41) is 8.44. The van der Waals surface area contributed by atoms with Gasteiger partial charge in [-0.05, 0) is 48.6 Å². The molecule has 0 aliphatic carbocycles. The van der Waals surface area contributed by atoms with Crippen LogP contribution in [-0.2, 0) is 4.74 Å². The molecule has 2 amide bonds. The summed E-state index contributed by atoms with van der Waals surface area (Å²) >= 11 is 5.13. The third-order valence-corrected chi connectivity index (χ3v) is 3.46. The molecule has 0 heterocycles. The molecule has 0 bridgehead atoms. The first kappa shape index (κ1) is 18.6. The summed E-state index contributed by atoms with van der Waals surface area (Å²) in [6.07, 6.45) is 0. The average molecular weight is 357 g/mol. The standard InChI is InChI=1S/C18H19N3O3S/c1-24-12-11-19-16(22)14-7-9-15(10-8-14)20-18(25)21-17(23)13-5-3-2-4-6-13/h2-10H,11-12H2,1H3,(H,19,22)(H2,20,21,23,25). The van der Waals surface area contributed by atoms with E-state index in [0.29, 0.717) is 30.0 Å². The van der Waals surface area contributed by atoms with Gasteiger partial charge in [0.05, 0.1) is 6.61 Å². The Hall–Kier alpha value is -2.77. The number of anilines is 1. The third-order valence-electron chi connectivity index (χ3n) is 3.26. The van der Waals surface area contributed by atoms with Crippen LogP contribution < -0.4 is 16.0 Å². The van der Waals surface area contributed by atoms with Crippen molar-refractivity contribution in [1.82, 2.24) is 10.6 Å². The number of carbonyl (C=O) groups excluding carboxylic acids is 2. The molecule has 25 heavy (non-hydrogen) atoms. The Morgan fingerprint density at radius 3 is 2.24 bits per heavy atom. The Bertz CT molecular complexity index is 733. The van der Waals surface area contributed by atoms with Crippen molar-refractivity contribution in [2.24, 2.45) is 0 Å². The van der Waals surface area contributed by atoms with Crippen LogP contribution in [0.2, 0.25) is 0 Å². The van der Waals surface area contributed by atoms with Gasteiger partial charge in [-0.1, -0.05) is 18.2 Å². The predicted molar refractivity (Wildman–Crippen MR) is 101 cm³/mol. The van der Waals surface area contributed by atoms with E-state index in [0.717, 1.165) is 0 Å². The van der Waals surface area contributed by atoms with Crippen molar-refractivity contribution >= 4 is 34.8 Å². The molecule has 2 aromatic carbocycles. The minimum absolute atomic E-state index is 0.177. The quantitative estimate of drug-likeness (QED) is 0.546. The van der Waals surface area contributed by atoms with Gasteiger partial charge < -0.3 is 15.4 Å². The molecule has 2 rings (SSSR count). The van der Waals surface area contributed by atoms with E-state index < -0.39 is 0 Å². The van der Waals surface area contributed by atoms with Crippen molar-refractivity contribution in [2.75, 3.05) is 25.6 Å². The number of ether oxygens (including phenoxy) is 1. The van der Waals surface area contributed by atoms with Crippen LogP contribution in [0.1, 0.15) is 20.7 Å². The second kappa shape index (κ2) is 9.51. The monoisotopic (exact) mass is 357 g/mol. The van der Waals surface area contributed by atoms with Gasteiger partial charge in [-0.2, -0.15) is 0 Å². The van der Waals surface area contributed by atoms with E-state index in [9.17, 15) is 9.59 Å². The van der Waals surface area contributed by atoms with Gasteiger partial charge in [-0.3, -0.25) is 14.9 Å². The van der Waals surface area contributed by atoms with Crippen LogP contribution in [0.15, 0.2) is 54.6 Å². The summed E-state index contributed by atoms with van der Waals surface area (Å²) in [5.41, 5.74) is 1.72. The molecule has 0 aliphatic heterocycles. The number of rotatable bonds is 6. The van der Waals surface area contributed by atoms with E-state index in [1.165, 1.54) is 0 Å². The largest absolute Gasteiger partial charge is 0.383 e. The zero-order chi connectivity index (χ0) is 18.1. The maximum absolute atomic E-state index is 12.0. The molecule has 0 saturated heterocycles. The van der Waals surface area contributed by atoms with Crippen LogP contribution in [0.25, 0.3) is 0 Å². The van der Waals surface area contributed by atoms with Crippen LogP contribution in [-0.4, -0.2) is 37.2 Å². The molecule has 2 aromatic rings. The molecule has 0 spiro atoms. The first-order chi connectivity index (χ1) is 12.1. The Kier molecular flexibility index (Phi) is 7.06. The van der Waals surface area contributed by atoms with Crippen molar-refractivity contribution in [2.45, 2.75) is 0 Å². The van der Waals surface area contributed by atoms with Crippen molar-refractivity contribution in [3.8, 4) is 0 Å². The highest BCUT2D eigenvalue weighted by molar-refractivity contribution is 7.80. The van der Waals surface area contributed by atoms with Crippen LogP contribution >= 0.6 is 12.2 Å². The Morgan fingerprint density at radius 2 is 1.60 bits per heavy atom. The number of nitrogens with one attached hydrogen (secondary N) is 3. The highest BCUT2D eigenvalue weighted by atomic mass is 32.1. The highest BCUT2D eigenvalue weighted by Gasteiger charge is 2.08. The molecule has 7 heteroatoms. The molecule has 130 valence electrons. The van der Waals surface area contributed by atoms with E-state index in [1.54, 1.807) is 55.6 Å². The summed E-state index contributed by atoms with van der Waals surface area (Å²) in [7, 11) is 1.58. The number of thiocarbonyl (C=S) groups is 1. The van der Waals surface area contributed by atoms with Gasteiger partial charge >= 0.3 is 0 Å². The molecule has 0 unspecified atom stereocenters.